The Hall–Kier alpha value is -3.36. The van der Waals surface area contributed by atoms with Crippen molar-refractivity contribution in [2.24, 2.45) is 0 Å². The van der Waals surface area contributed by atoms with Gasteiger partial charge >= 0.3 is 0 Å². The number of para-hydroxylation sites is 1. The van der Waals surface area contributed by atoms with Crippen LogP contribution in [0.5, 0.6) is 5.75 Å². The number of benzene rings is 3. The van der Waals surface area contributed by atoms with E-state index in [4.69, 9.17) is 4.74 Å². The van der Waals surface area contributed by atoms with Crippen molar-refractivity contribution in [3.8, 4) is 5.75 Å². The molecule has 8 heteroatoms. The van der Waals surface area contributed by atoms with E-state index in [2.05, 4.69) is 33.7 Å². The van der Waals surface area contributed by atoms with E-state index < -0.39 is 22.0 Å². The molecule has 0 aliphatic carbocycles. The van der Waals surface area contributed by atoms with Crippen molar-refractivity contribution in [2.75, 3.05) is 12.4 Å². The second kappa shape index (κ2) is 8.88. The molecule has 1 heterocycles. The average molecular weight is 466 g/mol. The lowest BCUT2D eigenvalue weighted by atomic mass is 10.1. The van der Waals surface area contributed by atoms with Gasteiger partial charge in [-0.2, -0.15) is 4.72 Å². The third kappa shape index (κ3) is 4.31. The van der Waals surface area contributed by atoms with Crippen molar-refractivity contribution >= 4 is 43.4 Å². The second-order valence-corrected chi connectivity index (χ2v) is 9.66. The number of hydrogen-bond acceptors (Lipinski definition) is 4. The molecule has 4 rings (SSSR count). The summed E-state index contributed by atoms with van der Waals surface area (Å²) >= 11 is 0. The first kappa shape index (κ1) is 22.8. The highest BCUT2D eigenvalue weighted by molar-refractivity contribution is 7.89. The number of methoxy groups -OCH3 is 1. The SMILES string of the molecule is CCn1c2ccccc2c2cc(NC(=O)[C@@H](C)NS(=O)(=O)c3cc(C)ccc3OC)ccc21. The van der Waals surface area contributed by atoms with Crippen LogP contribution in [0.25, 0.3) is 21.8 Å². The summed E-state index contributed by atoms with van der Waals surface area (Å²) in [5, 5.41) is 4.97. The fourth-order valence-corrected chi connectivity index (χ4v) is 5.52. The Morgan fingerprint density at radius 3 is 2.48 bits per heavy atom. The van der Waals surface area contributed by atoms with Crippen LogP contribution < -0.4 is 14.8 Å². The molecule has 0 aliphatic heterocycles. The van der Waals surface area contributed by atoms with Gasteiger partial charge in [-0.25, -0.2) is 8.42 Å². The van der Waals surface area contributed by atoms with Gasteiger partial charge in [0.1, 0.15) is 10.6 Å². The molecule has 0 radical (unpaired) electrons. The number of sulfonamides is 1. The van der Waals surface area contributed by atoms with Crippen LogP contribution in [0, 0.1) is 6.92 Å². The molecule has 3 aromatic carbocycles. The Balaban J connectivity index is 1.58. The molecular formula is C25H27N3O4S. The first-order valence-electron chi connectivity index (χ1n) is 10.7. The smallest absolute Gasteiger partial charge is 0.244 e. The van der Waals surface area contributed by atoms with E-state index in [1.807, 2.05) is 30.3 Å². The minimum atomic E-state index is -3.96. The first-order valence-corrected chi connectivity index (χ1v) is 12.2. The predicted molar refractivity (Wildman–Crippen MR) is 131 cm³/mol. The van der Waals surface area contributed by atoms with E-state index in [0.29, 0.717) is 5.69 Å². The second-order valence-electron chi connectivity index (χ2n) is 7.98. The zero-order valence-corrected chi connectivity index (χ0v) is 19.9. The summed E-state index contributed by atoms with van der Waals surface area (Å²) in [6.07, 6.45) is 0. The number of fused-ring (bicyclic) bond motifs is 3. The standard InChI is InChI=1S/C25H27N3O4S/c1-5-28-21-9-7-6-8-19(21)20-15-18(11-12-22(20)28)26-25(29)17(3)27-33(30,31)24-14-16(2)10-13-23(24)32-4/h6-15,17,27H,5H2,1-4H3,(H,26,29)/t17-/m1/s1. The zero-order valence-electron chi connectivity index (χ0n) is 19.0. The van der Waals surface area contributed by atoms with Crippen molar-refractivity contribution in [3.05, 3.63) is 66.2 Å². The number of carbonyl (C=O) groups excluding carboxylic acids is 1. The van der Waals surface area contributed by atoms with Crippen LogP contribution in [-0.2, 0) is 21.4 Å². The maximum Gasteiger partial charge on any atom is 0.244 e. The van der Waals surface area contributed by atoms with Gasteiger partial charge in [-0.05, 0) is 62.7 Å². The topological polar surface area (TPSA) is 89.4 Å². The van der Waals surface area contributed by atoms with Gasteiger partial charge in [0.15, 0.2) is 0 Å². The molecule has 0 fully saturated rings. The van der Waals surface area contributed by atoms with Crippen LogP contribution in [0.1, 0.15) is 19.4 Å². The van der Waals surface area contributed by atoms with Gasteiger partial charge in [0.05, 0.1) is 13.2 Å². The van der Waals surface area contributed by atoms with Crippen molar-refractivity contribution in [3.63, 3.8) is 0 Å². The third-order valence-electron chi connectivity index (χ3n) is 5.69. The number of nitrogens with zero attached hydrogens (tertiary/aromatic N) is 1. The summed E-state index contributed by atoms with van der Waals surface area (Å²) in [7, 11) is -2.56. The molecule has 0 bridgehead atoms. The Bertz CT molecular complexity index is 1460. The van der Waals surface area contributed by atoms with Crippen LogP contribution in [0.15, 0.2) is 65.6 Å². The average Bonchev–Trinajstić information content (AvgIpc) is 3.11. The molecule has 1 atom stereocenters. The number of aromatic nitrogens is 1. The normalized spacial score (nSPS) is 12.7. The fraction of sp³-hybridized carbons (Fsp3) is 0.240. The molecule has 0 saturated carbocycles. The van der Waals surface area contributed by atoms with Gasteiger partial charge in [0, 0.05) is 34.0 Å². The molecule has 1 amide bonds. The number of nitrogens with one attached hydrogen (secondary N) is 2. The van der Waals surface area contributed by atoms with E-state index in [1.165, 1.54) is 20.1 Å². The van der Waals surface area contributed by atoms with Gasteiger partial charge in [-0.3, -0.25) is 4.79 Å². The van der Waals surface area contributed by atoms with Crippen molar-refractivity contribution in [1.29, 1.82) is 0 Å². The maximum absolute atomic E-state index is 12.9. The summed E-state index contributed by atoms with van der Waals surface area (Å²) in [4.78, 5) is 12.8. The molecule has 0 aliphatic rings. The van der Waals surface area contributed by atoms with Crippen LogP contribution in [0.3, 0.4) is 0 Å². The van der Waals surface area contributed by atoms with Gasteiger partial charge in [0.25, 0.3) is 0 Å². The number of rotatable bonds is 7. The van der Waals surface area contributed by atoms with Gasteiger partial charge in [-0.15, -0.1) is 0 Å². The summed E-state index contributed by atoms with van der Waals surface area (Å²) in [6.45, 7) is 6.23. The quantitative estimate of drug-likeness (QED) is 0.422. The van der Waals surface area contributed by atoms with Crippen LogP contribution in [-0.4, -0.2) is 32.0 Å². The Labute approximate surface area is 193 Å². The monoisotopic (exact) mass is 465 g/mol. The summed E-state index contributed by atoms with van der Waals surface area (Å²) in [5.74, 6) is -0.234. The fourth-order valence-electron chi connectivity index (χ4n) is 4.07. The summed E-state index contributed by atoms with van der Waals surface area (Å²) < 4.78 is 35.7. The van der Waals surface area contributed by atoms with Gasteiger partial charge < -0.3 is 14.6 Å². The Morgan fingerprint density at radius 1 is 1.03 bits per heavy atom. The lowest BCUT2D eigenvalue weighted by molar-refractivity contribution is -0.117. The number of hydrogen-bond donors (Lipinski definition) is 2. The molecule has 7 nitrogen and oxygen atoms in total. The molecule has 4 aromatic rings. The molecular weight excluding hydrogens is 438 g/mol. The van der Waals surface area contributed by atoms with E-state index in [-0.39, 0.29) is 10.6 Å². The Kier molecular flexibility index (Phi) is 6.14. The Morgan fingerprint density at radius 2 is 1.76 bits per heavy atom. The van der Waals surface area contributed by atoms with Gasteiger partial charge in [-0.1, -0.05) is 24.3 Å². The molecule has 0 spiro atoms. The van der Waals surface area contributed by atoms with Crippen LogP contribution in [0.4, 0.5) is 5.69 Å². The number of aryl methyl sites for hydroxylation is 2. The zero-order chi connectivity index (χ0) is 23.8. The third-order valence-corrected chi connectivity index (χ3v) is 7.25. The lowest BCUT2D eigenvalue weighted by Crippen LogP contribution is -2.41. The largest absolute Gasteiger partial charge is 0.495 e. The van der Waals surface area contributed by atoms with E-state index in [1.54, 1.807) is 19.1 Å². The molecule has 33 heavy (non-hydrogen) atoms. The van der Waals surface area contributed by atoms with E-state index in [0.717, 1.165) is 33.9 Å². The van der Waals surface area contributed by atoms with Gasteiger partial charge in [0.2, 0.25) is 15.9 Å². The highest BCUT2D eigenvalue weighted by Crippen LogP contribution is 2.31. The van der Waals surface area contributed by atoms with E-state index in [9.17, 15) is 13.2 Å². The molecule has 0 saturated heterocycles. The van der Waals surface area contributed by atoms with E-state index >= 15 is 0 Å². The minimum Gasteiger partial charge on any atom is -0.495 e. The highest BCUT2D eigenvalue weighted by atomic mass is 32.2. The lowest BCUT2D eigenvalue weighted by Gasteiger charge is -2.16. The van der Waals surface area contributed by atoms with Crippen LogP contribution >= 0.6 is 0 Å². The number of anilines is 1. The van der Waals surface area contributed by atoms with Crippen molar-refractivity contribution in [1.82, 2.24) is 9.29 Å². The maximum atomic E-state index is 12.9. The molecule has 0 unspecified atom stereocenters. The summed E-state index contributed by atoms with van der Waals surface area (Å²) in [5.41, 5.74) is 3.59. The number of ether oxygens (including phenoxy) is 1. The molecule has 2 N–H and O–H groups in total. The van der Waals surface area contributed by atoms with Crippen molar-refractivity contribution in [2.45, 2.75) is 38.3 Å². The number of carbonyl (C=O) groups is 1. The summed E-state index contributed by atoms with van der Waals surface area (Å²) in [6, 6.07) is 17.7. The van der Waals surface area contributed by atoms with Crippen molar-refractivity contribution < 1.29 is 17.9 Å². The molecule has 1 aromatic heterocycles. The number of amides is 1. The van der Waals surface area contributed by atoms with Crippen LogP contribution in [0.2, 0.25) is 0 Å². The predicted octanol–water partition coefficient (Wildman–Crippen LogP) is 4.44. The highest BCUT2D eigenvalue weighted by Gasteiger charge is 2.25. The first-order chi connectivity index (χ1) is 15.7. The minimum absolute atomic E-state index is 0.00144. The molecule has 172 valence electrons.